The minimum atomic E-state index is 0.398. The summed E-state index contributed by atoms with van der Waals surface area (Å²) in [4.78, 5) is 8.34. The summed E-state index contributed by atoms with van der Waals surface area (Å²) in [7, 11) is 0. The Morgan fingerprint density at radius 2 is 1.89 bits per heavy atom. The van der Waals surface area contributed by atoms with Crippen LogP contribution in [0, 0.1) is 0 Å². The molecule has 0 aliphatic rings. The Hall–Kier alpha value is -2.69. The van der Waals surface area contributed by atoms with E-state index in [-0.39, 0.29) is 0 Å². The molecule has 0 saturated carbocycles. The van der Waals surface area contributed by atoms with Crippen molar-refractivity contribution >= 4 is 5.82 Å². The maximum absolute atomic E-state index is 5.78. The maximum atomic E-state index is 5.78. The summed E-state index contributed by atoms with van der Waals surface area (Å²) in [6.07, 6.45) is 2.23. The van der Waals surface area contributed by atoms with Crippen LogP contribution in [-0.4, -0.2) is 15.1 Å². The molecule has 0 saturated heterocycles. The van der Waals surface area contributed by atoms with Crippen LogP contribution < -0.4 is 5.73 Å². The summed E-state index contributed by atoms with van der Waals surface area (Å²) < 4.78 is 5.23. The fourth-order valence-corrected chi connectivity index (χ4v) is 1.81. The molecule has 0 aliphatic carbocycles. The van der Waals surface area contributed by atoms with E-state index in [2.05, 4.69) is 15.1 Å². The van der Waals surface area contributed by atoms with Crippen LogP contribution in [0.25, 0.3) is 11.4 Å². The fraction of sp³-hybridized carbons (Fsp3) is 0.0714. The number of nitrogens with zero attached hydrogens (tertiary/aromatic N) is 3. The van der Waals surface area contributed by atoms with Crippen molar-refractivity contribution in [3.63, 3.8) is 0 Å². The van der Waals surface area contributed by atoms with Crippen molar-refractivity contribution < 1.29 is 4.52 Å². The molecule has 0 bridgehead atoms. The first-order chi connectivity index (χ1) is 9.33. The zero-order valence-corrected chi connectivity index (χ0v) is 10.2. The predicted molar refractivity (Wildman–Crippen MR) is 71.2 cm³/mol. The molecule has 3 rings (SSSR count). The lowest BCUT2D eigenvalue weighted by Crippen LogP contribution is -1.94. The van der Waals surface area contributed by atoms with Gasteiger partial charge < -0.3 is 10.3 Å². The van der Waals surface area contributed by atoms with Gasteiger partial charge in [-0.1, -0.05) is 35.5 Å². The third-order valence-corrected chi connectivity index (χ3v) is 2.75. The molecule has 0 fully saturated rings. The topological polar surface area (TPSA) is 77.8 Å². The first-order valence-corrected chi connectivity index (χ1v) is 5.90. The number of benzene rings is 1. The quantitative estimate of drug-likeness (QED) is 0.773. The van der Waals surface area contributed by atoms with E-state index in [1.807, 2.05) is 36.4 Å². The molecule has 0 spiro atoms. The van der Waals surface area contributed by atoms with Gasteiger partial charge in [0.25, 0.3) is 0 Å². The average molecular weight is 252 g/mol. The molecule has 5 nitrogen and oxygen atoms in total. The van der Waals surface area contributed by atoms with E-state index in [1.54, 1.807) is 12.3 Å². The summed E-state index contributed by atoms with van der Waals surface area (Å²) in [5, 5.41) is 3.94. The highest BCUT2D eigenvalue weighted by Gasteiger charge is 2.11. The van der Waals surface area contributed by atoms with Gasteiger partial charge in [0.1, 0.15) is 5.82 Å². The Morgan fingerprint density at radius 3 is 2.68 bits per heavy atom. The minimum absolute atomic E-state index is 0.398. The first-order valence-electron chi connectivity index (χ1n) is 5.90. The fourth-order valence-electron chi connectivity index (χ4n) is 1.81. The third kappa shape index (κ3) is 2.44. The molecule has 2 aromatic heterocycles. The zero-order valence-electron chi connectivity index (χ0n) is 10.2. The molecule has 1 aromatic carbocycles. The van der Waals surface area contributed by atoms with E-state index in [9.17, 15) is 0 Å². The molecule has 0 aliphatic heterocycles. The van der Waals surface area contributed by atoms with Crippen molar-refractivity contribution in [3.8, 4) is 11.4 Å². The largest absolute Gasteiger partial charge is 0.383 e. The number of hydrogen-bond donors (Lipinski definition) is 1. The normalized spacial score (nSPS) is 10.5. The molecule has 5 heteroatoms. The van der Waals surface area contributed by atoms with Crippen LogP contribution in [0.3, 0.4) is 0 Å². The van der Waals surface area contributed by atoms with Gasteiger partial charge in [0, 0.05) is 6.20 Å². The van der Waals surface area contributed by atoms with Crippen molar-refractivity contribution in [3.05, 3.63) is 60.1 Å². The maximum Gasteiger partial charge on any atom is 0.231 e. The SMILES string of the molecule is Nc1ncccc1-c1noc(Cc2ccccc2)n1. The Balaban J connectivity index is 1.86. The molecule has 3 aromatic rings. The third-order valence-electron chi connectivity index (χ3n) is 2.75. The summed E-state index contributed by atoms with van der Waals surface area (Å²) >= 11 is 0. The van der Waals surface area contributed by atoms with Gasteiger partial charge in [-0.05, 0) is 17.7 Å². The number of nitrogen functional groups attached to an aromatic ring is 1. The van der Waals surface area contributed by atoms with Crippen LogP contribution >= 0.6 is 0 Å². The number of anilines is 1. The molecule has 2 heterocycles. The number of aromatic nitrogens is 3. The number of hydrogen-bond acceptors (Lipinski definition) is 5. The lowest BCUT2D eigenvalue weighted by molar-refractivity contribution is 0.385. The van der Waals surface area contributed by atoms with E-state index in [1.165, 1.54) is 0 Å². The van der Waals surface area contributed by atoms with Crippen LogP contribution in [0.4, 0.5) is 5.82 Å². The molecule has 19 heavy (non-hydrogen) atoms. The second-order valence-electron chi connectivity index (χ2n) is 4.11. The Kier molecular flexibility index (Phi) is 2.94. The molecule has 0 unspecified atom stereocenters. The van der Waals surface area contributed by atoms with E-state index in [0.717, 1.165) is 5.56 Å². The molecule has 0 atom stereocenters. The van der Waals surface area contributed by atoms with Crippen molar-refractivity contribution in [2.45, 2.75) is 6.42 Å². The molecular weight excluding hydrogens is 240 g/mol. The van der Waals surface area contributed by atoms with Gasteiger partial charge in [-0.15, -0.1) is 0 Å². The molecule has 94 valence electrons. The molecule has 0 amide bonds. The monoisotopic (exact) mass is 252 g/mol. The second-order valence-corrected chi connectivity index (χ2v) is 4.11. The van der Waals surface area contributed by atoms with Crippen LogP contribution in [-0.2, 0) is 6.42 Å². The lowest BCUT2D eigenvalue weighted by atomic mass is 10.1. The van der Waals surface area contributed by atoms with Crippen LogP contribution in [0.15, 0.2) is 53.2 Å². The van der Waals surface area contributed by atoms with Gasteiger partial charge in [0.15, 0.2) is 0 Å². The molecule has 0 radical (unpaired) electrons. The highest BCUT2D eigenvalue weighted by atomic mass is 16.5. The Morgan fingerprint density at radius 1 is 1.05 bits per heavy atom. The van der Waals surface area contributed by atoms with Gasteiger partial charge >= 0.3 is 0 Å². The van der Waals surface area contributed by atoms with Crippen molar-refractivity contribution in [2.75, 3.05) is 5.73 Å². The molecule has 2 N–H and O–H groups in total. The highest BCUT2D eigenvalue weighted by molar-refractivity contribution is 5.67. The first kappa shape index (κ1) is 11.4. The smallest absolute Gasteiger partial charge is 0.231 e. The van der Waals surface area contributed by atoms with Crippen molar-refractivity contribution in [1.82, 2.24) is 15.1 Å². The van der Waals surface area contributed by atoms with Gasteiger partial charge in [-0.2, -0.15) is 4.98 Å². The molecular formula is C14H12N4O. The number of pyridine rings is 1. The van der Waals surface area contributed by atoms with Crippen LogP contribution in [0.5, 0.6) is 0 Å². The van der Waals surface area contributed by atoms with E-state index in [4.69, 9.17) is 10.3 Å². The van der Waals surface area contributed by atoms with E-state index >= 15 is 0 Å². The van der Waals surface area contributed by atoms with Gasteiger partial charge in [0.2, 0.25) is 11.7 Å². The van der Waals surface area contributed by atoms with Crippen molar-refractivity contribution in [1.29, 1.82) is 0 Å². The average Bonchev–Trinajstić information content (AvgIpc) is 2.89. The summed E-state index contributed by atoms with van der Waals surface area (Å²) in [6, 6.07) is 13.6. The summed E-state index contributed by atoms with van der Waals surface area (Å²) in [6.45, 7) is 0. The van der Waals surface area contributed by atoms with E-state index in [0.29, 0.717) is 29.5 Å². The predicted octanol–water partition coefficient (Wildman–Crippen LogP) is 2.30. The Bertz CT molecular complexity index is 679. The standard InChI is InChI=1S/C14H12N4O/c15-13-11(7-4-8-16-13)14-17-12(19-18-14)9-10-5-2-1-3-6-10/h1-8H,9H2,(H2,15,16). The summed E-state index contributed by atoms with van der Waals surface area (Å²) in [5.41, 5.74) is 7.59. The van der Waals surface area contributed by atoms with Gasteiger partial charge in [-0.25, -0.2) is 4.98 Å². The van der Waals surface area contributed by atoms with Crippen molar-refractivity contribution in [2.24, 2.45) is 0 Å². The van der Waals surface area contributed by atoms with Gasteiger partial charge in [0.05, 0.1) is 12.0 Å². The number of nitrogens with two attached hydrogens (primary N) is 1. The second kappa shape index (κ2) is 4.89. The lowest BCUT2D eigenvalue weighted by Gasteiger charge is -1.97. The van der Waals surface area contributed by atoms with Gasteiger partial charge in [-0.3, -0.25) is 0 Å². The zero-order chi connectivity index (χ0) is 13.1. The van der Waals surface area contributed by atoms with Crippen LogP contribution in [0.2, 0.25) is 0 Å². The summed E-state index contributed by atoms with van der Waals surface area (Å²) in [5.74, 6) is 1.43. The highest BCUT2D eigenvalue weighted by Crippen LogP contribution is 2.21. The number of rotatable bonds is 3. The van der Waals surface area contributed by atoms with Crippen LogP contribution in [0.1, 0.15) is 11.5 Å². The minimum Gasteiger partial charge on any atom is -0.383 e. The Labute approximate surface area is 110 Å². The van der Waals surface area contributed by atoms with E-state index < -0.39 is 0 Å².